The van der Waals surface area contributed by atoms with E-state index in [1.54, 1.807) is 36.4 Å². The molecule has 150 valence electrons. The summed E-state index contributed by atoms with van der Waals surface area (Å²) >= 11 is 0.829. The maximum atomic E-state index is 14.3. The molecule has 0 aromatic heterocycles. The second kappa shape index (κ2) is 8.89. The van der Waals surface area contributed by atoms with E-state index in [4.69, 9.17) is 10.5 Å². The smallest absolute Gasteiger partial charge is 0.322 e. The van der Waals surface area contributed by atoms with Gasteiger partial charge in [-0.1, -0.05) is 18.2 Å². The minimum atomic E-state index is -0.872. The van der Waals surface area contributed by atoms with Crippen LogP contribution in [0.1, 0.15) is 11.1 Å². The molecule has 7 nitrogen and oxygen atoms in total. The van der Waals surface area contributed by atoms with Crippen molar-refractivity contribution in [2.24, 2.45) is 5.73 Å². The topological polar surface area (TPSA) is 108 Å². The molecule has 3 N–H and O–H groups in total. The number of hydrogen-bond acceptors (Lipinski definition) is 7. The average molecular weight is 416 g/mol. The van der Waals surface area contributed by atoms with Crippen LogP contribution in [0.3, 0.4) is 0 Å². The van der Waals surface area contributed by atoms with Crippen molar-refractivity contribution in [1.29, 1.82) is 0 Å². The molecule has 0 radical (unpaired) electrons. The van der Waals surface area contributed by atoms with Crippen molar-refractivity contribution in [3.8, 4) is 11.5 Å². The maximum Gasteiger partial charge on any atom is 0.322 e. The number of nitrogens with two attached hydrogens (primary N) is 1. The molecule has 1 heterocycles. The predicted molar refractivity (Wildman–Crippen MR) is 106 cm³/mol. The van der Waals surface area contributed by atoms with E-state index >= 15 is 0 Å². The van der Waals surface area contributed by atoms with Crippen LogP contribution in [0.25, 0.3) is 6.08 Å². The van der Waals surface area contributed by atoms with Gasteiger partial charge in [0.05, 0.1) is 12.0 Å². The lowest BCUT2D eigenvalue weighted by Crippen LogP contribution is -2.33. The van der Waals surface area contributed by atoms with Gasteiger partial charge in [-0.3, -0.25) is 19.7 Å². The molecule has 1 fully saturated rings. The Kier molecular flexibility index (Phi) is 6.30. The highest BCUT2D eigenvalue weighted by molar-refractivity contribution is 8.18. The van der Waals surface area contributed by atoms with Crippen molar-refractivity contribution < 1.29 is 28.2 Å². The summed E-state index contributed by atoms with van der Waals surface area (Å²) in [6, 6.07) is 10.1. The van der Waals surface area contributed by atoms with E-state index in [0.717, 1.165) is 11.8 Å². The zero-order valence-corrected chi connectivity index (χ0v) is 16.1. The molecule has 2 aromatic carbocycles. The normalized spacial score (nSPS) is 15.9. The van der Waals surface area contributed by atoms with E-state index in [0.29, 0.717) is 21.8 Å². The first kappa shape index (κ1) is 20.6. The van der Waals surface area contributed by atoms with Crippen LogP contribution in [0.4, 0.5) is 9.18 Å². The Morgan fingerprint density at radius 1 is 1.24 bits per heavy atom. The predicted octanol–water partition coefficient (Wildman–Crippen LogP) is 2.98. The SMILES string of the molecule is COC(=O)C(N)Cc1ccc(Oc2ccc(/C=C3\SC(=O)NC3=O)cc2)c(F)c1. The molecule has 1 aliphatic rings. The Bertz CT molecular complexity index is 991. The molecule has 1 aliphatic heterocycles. The van der Waals surface area contributed by atoms with E-state index in [1.807, 2.05) is 0 Å². The summed E-state index contributed by atoms with van der Waals surface area (Å²) in [7, 11) is 1.24. The summed E-state index contributed by atoms with van der Waals surface area (Å²) in [5.74, 6) is -1.19. The van der Waals surface area contributed by atoms with Gasteiger partial charge < -0.3 is 15.2 Å². The number of nitrogens with one attached hydrogen (secondary N) is 1. The van der Waals surface area contributed by atoms with Gasteiger partial charge in [-0.15, -0.1) is 0 Å². The summed E-state index contributed by atoms with van der Waals surface area (Å²) in [6.45, 7) is 0. The Hall–Kier alpha value is -3.17. The van der Waals surface area contributed by atoms with Gasteiger partial charge in [0, 0.05) is 0 Å². The molecule has 1 unspecified atom stereocenters. The first-order valence-corrected chi connectivity index (χ1v) is 9.32. The highest BCUT2D eigenvalue weighted by atomic mass is 32.2. The fourth-order valence-electron chi connectivity index (χ4n) is 2.57. The molecule has 1 saturated heterocycles. The quantitative estimate of drug-likeness (QED) is 0.551. The van der Waals surface area contributed by atoms with Crippen molar-refractivity contribution in [3.05, 3.63) is 64.3 Å². The third kappa shape index (κ3) is 5.21. The van der Waals surface area contributed by atoms with E-state index in [-0.39, 0.29) is 12.2 Å². The number of methoxy groups -OCH3 is 1. The molecular formula is C20H17FN2O5S. The molecule has 3 rings (SSSR count). The molecule has 2 aromatic rings. The van der Waals surface area contributed by atoms with Crippen LogP contribution in [0.15, 0.2) is 47.4 Å². The van der Waals surface area contributed by atoms with Crippen LogP contribution in [0.2, 0.25) is 0 Å². The first-order chi connectivity index (χ1) is 13.9. The lowest BCUT2D eigenvalue weighted by molar-refractivity contribution is -0.142. The molecule has 2 amide bonds. The number of rotatable bonds is 6. The minimum Gasteiger partial charge on any atom is -0.468 e. The van der Waals surface area contributed by atoms with Gasteiger partial charge in [0.1, 0.15) is 11.8 Å². The van der Waals surface area contributed by atoms with E-state index in [1.165, 1.54) is 19.2 Å². The number of ether oxygens (including phenoxy) is 2. The Morgan fingerprint density at radius 3 is 2.55 bits per heavy atom. The molecule has 0 saturated carbocycles. The largest absolute Gasteiger partial charge is 0.468 e. The zero-order valence-electron chi connectivity index (χ0n) is 15.3. The summed E-state index contributed by atoms with van der Waals surface area (Å²) in [5.41, 5.74) is 6.91. The number of esters is 1. The van der Waals surface area contributed by atoms with E-state index in [2.05, 4.69) is 10.1 Å². The number of benzene rings is 2. The minimum absolute atomic E-state index is 0.0165. The van der Waals surface area contributed by atoms with Crippen molar-refractivity contribution in [1.82, 2.24) is 5.32 Å². The van der Waals surface area contributed by atoms with Crippen molar-refractivity contribution in [2.45, 2.75) is 12.5 Å². The summed E-state index contributed by atoms with van der Waals surface area (Å²) < 4.78 is 24.4. The molecule has 9 heteroatoms. The fraction of sp³-hybridized carbons (Fsp3) is 0.150. The lowest BCUT2D eigenvalue weighted by atomic mass is 10.1. The molecule has 0 spiro atoms. The second-order valence-corrected chi connectivity index (χ2v) is 7.14. The number of hydrogen-bond donors (Lipinski definition) is 2. The van der Waals surface area contributed by atoms with Crippen LogP contribution in [-0.4, -0.2) is 30.3 Å². The summed E-state index contributed by atoms with van der Waals surface area (Å²) in [4.78, 5) is 34.4. The zero-order chi connectivity index (χ0) is 21.0. The third-order valence-electron chi connectivity index (χ3n) is 4.00. The van der Waals surface area contributed by atoms with Gasteiger partial charge in [0.25, 0.3) is 11.1 Å². The number of thioether (sulfide) groups is 1. The number of carbonyl (C=O) groups is 3. The Labute approximate surface area is 170 Å². The van der Waals surface area contributed by atoms with E-state index < -0.39 is 29.0 Å². The van der Waals surface area contributed by atoms with E-state index in [9.17, 15) is 18.8 Å². The van der Waals surface area contributed by atoms with Crippen molar-refractivity contribution >= 4 is 35.0 Å². The first-order valence-electron chi connectivity index (χ1n) is 8.50. The maximum absolute atomic E-state index is 14.3. The van der Waals surface area contributed by atoms with Gasteiger partial charge in [-0.2, -0.15) is 0 Å². The number of carbonyl (C=O) groups excluding carboxylic acids is 3. The fourth-order valence-corrected chi connectivity index (χ4v) is 3.26. The standard InChI is InChI=1S/C20H17FN2O5S/c1-27-19(25)15(22)9-12-4-7-16(14(21)8-12)28-13-5-2-11(3-6-13)10-17-18(24)23-20(26)29-17/h2-8,10,15H,9,22H2,1H3,(H,23,24,26)/b17-10-. The van der Waals surface area contributed by atoms with Crippen LogP contribution < -0.4 is 15.8 Å². The molecule has 29 heavy (non-hydrogen) atoms. The van der Waals surface area contributed by atoms with Gasteiger partial charge >= 0.3 is 5.97 Å². The van der Waals surface area contributed by atoms with Crippen LogP contribution in [0, 0.1) is 5.82 Å². The number of halogens is 1. The van der Waals surface area contributed by atoms with Gasteiger partial charge in [0.2, 0.25) is 0 Å². The molecule has 0 bridgehead atoms. The van der Waals surface area contributed by atoms with Crippen LogP contribution in [0.5, 0.6) is 11.5 Å². The Morgan fingerprint density at radius 2 is 1.97 bits per heavy atom. The van der Waals surface area contributed by atoms with Crippen LogP contribution in [-0.2, 0) is 20.7 Å². The third-order valence-corrected chi connectivity index (χ3v) is 4.81. The summed E-state index contributed by atoms with van der Waals surface area (Å²) in [6.07, 6.45) is 1.72. The highest BCUT2D eigenvalue weighted by Gasteiger charge is 2.24. The van der Waals surface area contributed by atoms with Gasteiger partial charge in [-0.05, 0) is 59.7 Å². The molecular weight excluding hydrogens is 399 g/mol. The van der Waals surface area contributed by atoms with Crippen molar-refractivity contribution in [3.63, 3.8) is 0 Å². The molecule has 1 atom stereocenters. The monoisotopic (exact) mass is 416 g/mol. The van der Waals surface area contributed by atoms with Gasteiger partial charge in [-0.25, -0.2) is 4.39 Å². The number of imide groups is 1. The lowest BCUT2D eigenvalue weighted by Gasteiger charge is -2.11. The average Bonchev–Trinajstić information content (AvgIpc) is 3.01. The molecule has 0 aliphatic carbocycles. The number of amides is 2. The second-order valence-electron chi connectivity index (χ2n) is 6.12. The van der Waals surface area contributed by atoms with Gasteiger partial charge in [0.15, 0.2) is 11.6 Å². The highest BCUT2D eigenvalue weighted by Crippen LogP contribution is 2.28. The Balaban J connectivity index is 1.67. The summed E-state index contributed by atoms with van der Waals surface area (Å²) in [5, 5.41) is 1.77. The van der Waals surface area contributed by atoms with Crippen LogP contribution >= 0.6 is 11.8 Å². The van der Waals surface area contributed by atoms with Crippen molar-refractivity contribution in [2.75, 3.05) is 7.11 Å².